The lowest BCUT2D eigenvalue weighted by Gasteiger charge is -2.40. The van der Waals surface area contributed by atoms with E-state index in [4.69, 9.17) is 15.5 Å². The number of carbonyl (C=O) groups is 1. The first-order chi connectivity index (χ1) is 14.9. The van der Waals surface area contributed by atoms with Crippen LogP contribution in [0.1, 0.15) is 42.1 Å². The molecule has 1 amide bonds. The van der Waals surface area contributed by atoms with Crippen LogP contribution in [0.15, 0.2) is 23.2 Å². The van der Waals surface area contributed by atoms with Crippen molar-refractivity contribution in [3.8, 4) is 17.0 Å². The van der Waals surface area contributed by atoms with Crippen LogP contribution in [-0.2, 0) is 11.2 Å². The fraction of sp³-hybridized carbons (Fsp3) is 0.455. The van der Waals surface area contributed by atoms with Crippen molar-refractivity contribution in [2.75, 3.05) is 19.7 Å². The molecule has 9 heteroatoms. The molecule has 2 aliphatic heterocycles. The number of thiazole rings is 1. The summed E-state index contributed by atoms with van der Waals surface area (Å²) < 4.78 is 5.98. The zero-order valence-corrected chi connectivity index (χ0v) is 18.8. The molecule has 1 fully saturated rings. The van der Waals surface area contributed by atoms with Crippen LogP contribution in [0.3, 0.4) is 0 Å². The van der Waals surface area contributed by atoms with Gasteiger partial charge in [0.15, 0.2) is 0 Å². The molecule has 0 saturated carbocycles. The largest absolute Gasteiger partial charge is 0.493 e. The van der Waals surface area contributed by atoms with Gasteiger partial charge in [0.1, 0.15) is 11.9 Å². The van der Waals surface area contributed by atoms with Crippen molar-refractivity contribution in [1.82, 2.24) is 9.88 Å². The Hall–Kier alpha value is -2.78. The van der Waals surface area contributed by atoms with Crippen molar-refractivity contribution in [3.63, 3.8) is 0 Å². The highest BCUT2D eigenvalue weighted by molar-refractivity contribution is 7.14. The first-order valence-electron chi connectivity index (χ1n) is 10.5. The van der Waals surface area contributed by atoms with Crippen molar-refractivity contribution in [3.05, 3.63) is 33.6 Å². The number of aliphatic imine (C=N–C) groups is 1. The van der Waals surface area contributed by atoms with E-state index >= 15 is 0 Å². The number of nitrogens with two attached hydrogens (primary N) is 1. The number of aliphatic hydroxyl groups is 1. The molecule has 164 valence electrons. The first kappa shape index (κ1) is 21.5. The molecular weight excluding hydrogens is 414 g/mol. The van der Waals surface area contributed by atoms with Gasteiger partial charge in [0.25, 0.3) is 5.91 Å². The lowest BCUT2D eigenvalue weighted by molar-refractivity contribution is -0.493. The molecule has 4 N–H and O–H groups in total. The van der Waals surface area contributed by atoms with E-state index in [1.54, 1.807) is 16.2 Å². The van der Waals surface area contributed by atoms with Crippen molar-refractivity contribution < 1.29 is 19.6 Å². The van der Waals surface area contributed by atoms with E-state index in [9.17, 15) is 9.90 Å². The van der Waals surface area contributed by atoms with E-state index in [2.05, 4.69) is 22.1 Å². The zero-order valence-electron chi connectivity index (χ0n) is 18.0. The van der Waals surface area contributed by atoms with Crippen LogP contribution < -0.4 is 15.5 Å². The fourth-order valence-electron chi connectivity index (χ4n) is 3.83. The van der Waals surface area contributed by atoms with Crippen LogP contribution in [0.5, 0.6) is 5.75 Å². The Labute approximate surface area is 185 Å². The predicted octanol–water partition coefficient (Wildman–Crippen LogP) is 0.274. The van der Waals surface area contributed by atoms with Gasteiger partial charge in [-0.25, -0.2) is 4.98 Å². The Kier molecular flexibility index (Phi) is 6.06. The van der Waals surface area contributed by atoms with Crippen molar-refractivity contribution in [2.45, 2.75) is 45.3 Å². The number of aliphatic hydroxyl groups excluding tert-OH is 1. The third-order valence-corrected chi connectivity index (χ3v) is 6.52. The van der Waals surface area contributed by atoms with Crippen LogP contribution in [0.4, 0.5) is 0 Å². The van der Waals surface area contributed by atoms with E-state index in [1.165, 1.54) is 13.3 Å². The molecule has 0 radical (unpaired) electrons. The van der Waals surface area contributed by atoms with Gasteiger partial charge in [-0.3, -0.25) is 9.79 Å². The van der Waals surface area contributed by atoms with Crippen LogP contribution in [0, 0.1) is 0 Å². The summed E-state index contributed by atoms with van der Waals surface area (Å²) >= 11 is 1.60. The van der Waals surface area contributed by atoms with Gasteiger partial charge in [0, 0.05) is 35.9 Å². The Bertz CT molecular complexity index is 1040. The van der Waals surface area contributed by atoms with Gasteiger partial charge in [-0.2, -0.15) is 0 Å². The minimum atomic E-state index is -0.960. The number of aromatic nitrogens is 1. The molecular formula is C22H28N5O3S+. The van der Waals surface area contributed by atoms with Crippen molar-refractivity contribution >= 4 is 29.4 Å². The van der Waals surface area contributed by atoms with Gasteiger partial charge in [-0.15, -0.1) is 11.3 Å². The number of amidine groups is 1. The molecule has 1 saturated heterocycles. The van der Waals surface area contributed by atoms with E-state index in [0.29, 0.717) is 25.5 Å². The number of fused-ring (bicyclic) bond motifs is 3. The number of ether oxygens (including phenoxy) is 1. The van der Waals surface area contributed by atoms with E-state index in [-0.39, 0.29) is 17.9 Å². The van der Waals surface area contributed by atoms with Gasteiger partial charge >= 0.3 is 5.84 Å². The lowest BCUT2D eigenvalue weighted by Crippen LogP contribution is -2.77. The molecule has 2 aliphatic rings. The maximum absolute atomic E-state index is 12.0. The quantitative estimate of drug-likeness (QED) is 0.465. The number of benzene rings is 1. The van der Waals surface area contributed by atoms with Gasteiger partial charge in [-0.1, -0.05) is 6.07 Å². The van der Waals surface area contributed by atoms with E-state index in [0.717, 1.165) is 38.9 Å². The molecule has 0 spiro atoms. The van der Waals surface area contributed by atoms with Crippen LogP contribution in [-0.4, -0.2) is 64.9 Å². The highest BCUT2D eigenvalue weighted by Gasteiger charge is 2.34. The minimum Gasteiger partial charge on any atom is -0.493 e. The molecule has 1 aromatic carbocycles. The van der Waals surface area contributed by atoms with Crippen molar-refractivity contribution in [1.29, 1.82) is 0 Å². The Morgan fingerprint density at radius 1 is 1.42 bits per heavy atom. The van der Waals surface area contributed by atoms with E-state index < -0.39 is 6.10 Å². The second-order valence-electron chi connectivity index (χ2n) is 8.19. The number of nitrogens with zero attached hydrogens (tertiary/aromatic N) is 3. The number of hydrogen-bond acceptors (Lipinski definition) is 5. The summed E-state index contributed by atoms with van der Waals surface area (Å²) in [6.07, 6.45) is 1.10. The van der Waals surface area contributed by atoms with Crippen molar-refractivity contribution in [2.24, 2.45) is 10.7 Å². The Balaban J connectivity index is 1.66. The number of nitrogens with one attached hydrogen (secondary N) is 1. The van der Waals surface area contributed by atoms with Gasteiger partial charge in [0.2, 0.25) is 11.3 Å². The summed E-state index contributed by atoms with van der Waals surface area (Å²) in [7, 11) is 0. The SMILES string of the molecule is CC(C)[NH+]=C(N=CN)c1nc2c(s1)CCOc1ccc(C3CN(C(=O)[C@H](C)O)C3)cc1-2. The molecule has 1 atom stereocenters. The standard InChI is InChI=1S/C22H27N5O3S/c1-12(2)25-20(24-11-23)21-26-19-16-8-14(15-9-27(10-15)22(29)13(3)28)4-5-17(16)30-7-6-18(19)31-21/h4-5,8,11-13,15,28H,6-7,9-10H2,1-3H3,(H2,23,24,25)/p+1/t13-/m0/s1. The fourth-order valence-corrected chi connectivity index (χ4v) is 4.85. The number of carbonyl (C=O) groups excluding carboxylic acids is 1. The smallest absolute Gasteiger partial charge is 0.354 e. The molecule has 1 aromatic heterocycles. The average Bonchev–Trinajstić information content (AvgIpc) is 3.03. The van der Waals surface area contributed by atoms with Crippen LogP contribution >= 0.6 is 11.3 Å². The summed E-state index contributed by atoms with van der Waals surface area (Å²) in [4.78, 5) is 27.3. The highest BCUT2D eigenvalue weighted by atomic mass is 32.1. The minimum absolute atomic E-state index is 0.204. The number of hydrogen-bond donors (Lipinski definition) is 3. The maximum atomic E-state index is 12.0. The monoisotopic (exact) mass is 442 g/mol. The third-order valence-electron chi connectivity index (χ3n) is 5.40. The molecule has 3 heterocycles. The molecule has 2 aromatic rings. The highest BCUT2D eigenvalue weighted by Crippen LogP contribution is 2.40. The van der Waals surface area contributed by atoms with Gasteiger partial charge in [-0.05, 0) is 43.5 Å². The van der Waals surface area contributed by atoms with Crippen LogP contribution in [0.2, 0.25) is 0 Å². The number of likely N-dealkylation sites (tertiary alicyclic amines) is 1. The summed E-state index contributed by atoms with van der Waals surface area (Å²) in [5.74, 6) is 1.50. The summed E-state index contributed by atoms with van der Waals surface area (Å²) in [6, 6.07) is 6.38. The summed E-state index contributed by atoms with van der Waals surface area (Å²) in [5, 5.41) is 10.3. The average molecular weight is 443 g/mol. The summed E-state index contributed by atoms with van der Waals surface area (Å²) in [6.45, 7) is 7.41. The van der Waals surface area contributed by atoms with Gasteiger partial charge < -0.3 is 20.5 Å². The topological polar surface area (TPSA) is 115 Å². The Morgan fingerprint density at radius 2 is 2.19 bits per heavy atom. The Morgan fingerprint density at radius 3 is 2.87 bits per heavy atom. The molecule has 8 nitrogen and oxygen atoms in total. The van der Waals surface area contributed by atoms with E-state index in [1.807, 2.05) is 19.9 Å². The molecule has 0 bridgehead atoms. The second kappa shape index (κ2) is 8.76. The predicted molar refractivity (Wildman–Crippen MR) is 121 cm³/mol. The summed E-state index contributed by atoms with van der Waals surface area (Å²) in [5.41, 5.74) is 8.58. The molecule has 0 unspecified atom stereocenters. The number of amides is 1. The first-order valence-corrected chi connectivity index (χ1v) is 11.3. The third kappa shape index (κ3) is 4.33. The maximum Gasteiger partial charge on any atom is 0.354 e. The molecule has 31 heavy (non-hydrogen) atoms. The van der Waals surface area contributed by atoms with Crippen LogP contribution in [0.25, 0.3) is 11.3 Å². The number of rotatable bonds is 4. The molecule has 0 aliphatic carbocycles. The molecule has 4 rings (SSSR count). The second-order valence-corrected chi connectivity index (χ2v) is 9.27. The normalized spacial score (nSPS) is 17.7. The van der Waals surface area contributed by atoms with Gasteiger partial charge in [0.05, 0.1) is 18.3 Å². The lowest BCUT2D eigenvalue weighted by atomic mass is 9.89. The zero-order chi connectivity index (χ0) is 22.1.